The first kappa shape index (κ1) is 22.5. The van der Waals surface area contributed by atoms with Gasteiger partial charge in [-0.1, -0.05) is 0 Å². The number of carbonyl (C=O) groups excluding carboxylic acids is 1. The van der Waals surface area contributed by atoms with Crippen LogP contribution in [0.5, 0.6) is 11.5 Å². The summed E-state index contributed by atoms with van der Waals surface area (Å²) in [5.74, 6) is 1.28. The van der Waals surface area contributed by atoms with Crippen molar-refractivity contribution in [1.29, 1.82) is 0 Å². The second kappa shape index (κ2) is 12.0. The number of hydrogen-bond acceptors (Lipinski definition) is 5. The van der Waals surface area contributed by atoms with Gasteiger partial charge in [-0.3, -0.25) is 4.79 Å². The molecule has 2 rings (SSSR count). The maximum atomic E-state index is 13.0. The van der Waals surface area contributed by atoms with Crippen LogP contribution in [0, 0.1) is 0 Å². The highest BCUT2D eigenvalue weighted by atomic mass is 35.5. The molecule has 26 heavy (non-hydrogen) atoms. The summed E-state index contributed by atoms with van der Waals surface area (Å²) in [6, 6.07) is 5.64. The van der Waals surface area contributed by atoms with Crippen molar-refractivity contribution < 1.29 is 19.0 Å². The Kier molecular flexibility index (Phi) is 10.4. The predicted octanol–water partition coefficient (Wildman–Crippen LogP) is 2.75. The second-order valence-corrected chi connectivity index (χ2v) is 6.15. The molecule has 0 aliphatic carbocycles. The van der Waals surface area contributed by atoms with Gasteiger partial charge in [0, 0.05) is 44.8 Å². The summed E-state index contributed by atoms with van der Waals surface area (Å²) in [7, 11) is 3.27. The quantitative estimate of drug-likeness (QED) is 0.661. The number of benzene rings is 1. The standard InChI is InChI=1S/C19H30N2O4.ClH/c1-4-21(16-7-5-10-20-14-16)19(22)15-8-9-17(24-3)18(13-15)25-12-6-11-23-2;/h8-9,13,16,20H,4-7,10-12,14H2,1-3H3;1H/t16-;/m1./s1. The first-order chi connectivity index (χ1) is 12.2. The summed E-state index contributed by atoms with van der Waals surface area (Å²) >= 11 is 0. The van der Waals surface area contributed by atoms with Crippen molar-refractivity contribution in [2.45, 2.75) is 32.2 Å². The number of halogens is 1. The number of hydrogen-bond donors (Lipinski definition) is 1. The van der Waals surface area contributed by atoms with Crippen molar-refractivity contribution in [3.05, 3.63) is 23.8 Å². The Morgan fingerprint density at radius 1 is 1.27 bits per heavy atom. The van der Waals surface area contributed by atoms with E-state index >= 15 is 0 Å². The molecular formula is C19H31ClN2O4. The normalized spacial score (nSPS) is 16.5. The lowest BCUT2D eigenvalue weighted by molar-refractivity contribution is 0.0661. The number of nitrogens with zero attached hydrogens (tertiary/aromatic N) is 1. The molecule has 1 N–H and O–H groups in total. The van der Waals surface area contributed by atoms with Gasteiger partial charge >= 0.3 is 0 Å². The summed E-state index contributed by atoms with van der Waals surface area (Å²) < 4.78 is 16.2. The lowest BCUT2D eigenvalue weighted by Gasteiger charge is -2.34. The number of piperidine rings is 1. The van der Waals surface area contributed by atoms with Gasteiger partial charge in [-0.2, -0.15) is 0 Å². The van der Waals surface area contributed by atoms with E-state index in [1.807, 2.05) is 17.9 Å². The summed E-state index contributed by atoms with van der Waals surface area (Å²) in [5, 5.41) is 3.38. The molecule has 0 bridgehead atoms. The molecule has 0 unspecified atom stereocenters. The lowest BCUT2D eigenvalue weighted by Crippen LogP contribution is -2.48. The van der Waals surface area contributed by atoms with Crippen molar-refractivity contribution in [2.24, 2.45) is 0 Å². The van der Waals surface area contributed by atoms with Crippen molar-refractivity contribution in [1.82, 2.24) is 10.2 Å². The SMILES string of the molecule is CCN(C(=O)c1ccc(OC)c(OCCCOC)c1)[C@@H]1CCCNC1.Cl. The van der Waals surface area contributed by atoms with E-state index in [2.05, 4.69) is 5.32 Å². The number of carbonyl (C=O) groups is 1. The molecule has 1 amide bonds. The first-order valence-electron chi connectivity index (χ1n) is 9.02. The molecule has 148 valence electrons. The third kappa shape index (κ3) is 6.04. The van der Waals surface area contributed by atoms with Crippen molar-refractivity contribution in [3.8, 4) is 11.5 Å². The molecule has 0 radical (unpaired) electrons. The molecule has 1 atom stereocenters. The van der Waals surface area contributed by atoms with Gasteiger partial charge in [-0.05, 0) is 44.5 Å². The zero-order chi connectivity index (χ0) is 18.1. The minimum Gasteiger partial charge on any atom is -0.493 e. The van der Waals surface area contributed by atoms with Crippen LogP contribution >= 0.6 is 12.4 Å². The number of methoxy groups -OCH3 is 2. The van der Waals surface area contributed by atoms with E-state index in [-0.39, 0.29) is 24.4 Å². The van der Waals surface area contributed by atoms with Gasteiger partial charge in [-0.15, -0.1) is 12.4 Å². The largest absolute Gasteiger partial charge is 0.493 e. The minimum absolute atomic E-state index is 0. The molecule has 1 aromatic carbocycles. The van der Waals surface area contributed by atoms with Gasteiger partial charge in [0.25, 0.3) is 5.91 Å². The lowest BCUT2D eigenvalue weighted by atomic mass is 10.0. The molecule has 0 spiro atoms. The summed E-state index contributed by atoms with van der Waals surface area (Å²) in [6.45, 7) is 5.77. The third-order valence-corrected chi connectivity index (χ3v) is 4.47. The minimum atomic E-state index is 0. The molecule has 6 nitrogen and oxygen atoms in total. The molecule has 1 fully saturated rings. The molecule has 0 saturated carbocycles. The monoisotopic (exact) mass is 386 g/mol. The smallest absolute Gasteiger partial charge is 0.254 e. The molecule has 1 aliphatic heterocycles. The molecule has 1 aromatic rings. The van der Waals surface area contributed by atoms with Gasteiger partial charge < -0.3 is 24.4 Å². The highest BCUT2D eigenvalue weighted by molar-refractivity contribution is 5.95. The van der Waals surface area contributed by atoms with Crippen LogP contribution in [-0.2, 0) is 4.74 Å². The van der Waals surface area contributed by atoms with E-state index in [1.54, 1.807) is 26.4 Å². The van der Waals surface area contributed by atoms with E-state index in [0.717, 1.165) is 32.4 Å². The van der Waals surface area contributed by atoms with E-state index < -0.39 is 0 Å². The molecular weight excluding hydrogens is 356 g/mol. The van der Waals surface area contributed by atoms with Crippen LogP contribution in [0.2, 0.25) is 0 Å². The molecule has 1 aliphatic rings. The van der Waals surface area contributed by atoms with Crippen LogP contribution in [0.3, 0.4) is 0 Å². The highest BCUT2D eigenvalue weighted by Gasteiger charge is 2.25. The molecule has 7 heteroatoms. The van der Waals surface area contributed by atoms with Gasteiger partial charge in [-0.25, -0.2) is 0 Å². The number of rotatable bonds is 9. The Balaban J connectivity index is 0.00000338. The highest BCUT2D eigenvalue weighted by Crippen LogP contribution is 2.29. The fraction of sp³-hybridized carbons (Fsp3) is 0.632. The van der Waals surface area contributed by atoms with Crippen LogP contribution in [-0.4, -0.2) is 63.9 Å². The fourth-order valence-electron chi connectivity index (χ4n) is 3.14. The van der Waals surface area contributed by atoms with Crippen molar-refractivity contribution >= 4 is 18.3 Å². The summed E-state index contributed by atoms with van der Waals surface area (Å²) in [4.78, 5) is 14.9. The van der Waals surface area contributed by atoms with Gasteiger partial charge in [0.2, 0.25) is 0 Å². The maximum absolute atomic E-state index is 13.0. The number of likely N-dealkylation sites (N-methyl/N-ethyl adjacent to an activating group) is 1. The Labute approximate surface area is 162 Å². The van der Waals surface area contributed by atoms with Crippen LogP contribution in [0.25, 0.3) is 0 Å². The maximum Gasteiger partial charge on any atom is 0.254 e. The number of amides is 1. The second-order valence-electron chi connectivity index (χ2n) is 6.15. The van der Waals surface area contributed by atoms with E-state index in [4.69, 9.17) is 14.2 Å². The van der Waals surface area contributed by atoms with Gasteiger partial charge in [0.15, 0.2) is 11.5 Å². The Morgan fingerprint density at radius 3 is 2.69 bits per heavy atom. The third-order valence-electron chi connectivity index (χ3n) is 4.47. The number of ether oxygens (including phenoxy) is 3. The predicted molar refractivity (Wildman–Crippen MR) is 105 cm³/mol. The Hall–Kier alpha value is -1.50. The average molecular weight is 387 g/mol. The molecule has 1 heterocycles. The van der Waals surface area contributed by atoms with E-state index in [9.17, 15) is 4.79 Å². The van der Waals surface area contributed by atoms with Crippen LogP contribution in [0.15, 0.2) is 18.2 Å². The summed E-state index contributed by atoms with van der Waals surface area (Å²) in [6.07, 6.45) is 2.93. The van der Waals surface area contributed by atoms with Crippen molar-refractivity contribution in [3.63, 3.8) is 0 Å². The number of nitrogens with one attached hydrogen (secondary N) is 1. The van der Waals surface area contributed by atoms with E-state index in [1.165, 1.54) is 0 Å². The zero-order valence-electron chi connectivity index (χ0n) is 16.0. The van der Waals surface area contributed by atoms with Crippen molar-refractivity contribution in [2.75, 3.05) is 47.1 Å². The fourth-order valence-corrected chi connectivity index (χ4v) is 3.14. The van der Waals surface area contributed by atoms with Gasteiger partial charge in [0.05, 0.1) is 13.7 Å². The van der Waals surface area contributed by atoms with Crippen LogP contribution in [0.4, 0.5) is 0 Å². The molecule has 0 aromatic heterocycles. The molecule has 1 saturated heterocycles. The summed E-state index contributed by atoms with van der Waals surface area (Å²) in [5.41, 5.74) is 0.634. The topological polar surface area (TPSA) is 60.0 Å². The average Bonchev–Trinajstić information content (AvgIpc) is 2.66. The van der Waals surface area contributed by atoms with Crippen LogP contribution in [0.1, 0.15) is 36.5 Å². The Bertz CT molecular complexity index is 550. The first-order valence-corrected chi connectivity index (χ1v) is 9.02. The van der Waals surface area contributed by atoms with Gasteiger partial charge in [0.1, 0.15) is 0 Å². The Morgan fingerprint density at radius 2 is 2.08 bits per heavy atom. The van der Waals surface area contributed by atoms with Crippen LogP contribution < -0.4 is 14.8 Å². The zero-order valence-corrected chi connectivity index (χ0v) is 16.8. The van der Waals surface area contributed by atoms with E-state index in [0.29, 0.717) is 36.8 Å².